The lowest BCUT2D eigenvalue weighted by atomic mass is 10.0. The Kier molecular flexibility index (Phi) is 70.3. The fraction of sp³-hybridized carbons (Fsp3) is 0.962. The highest BCUT2D eigenvalue weighted by molar-refractivity contribution is 4.87. The topological polar surface area (TPSA) is 61.5 Å². The van der Waals surface area contributed by atoms with Crippen LogP contribution in [0.5, 0.6) is 0 Å². The highest BCUT2D eigenvalue weighted by Crippen LogP contribution is 2.23. The highest BCUT2D eigenvalue weighted by atomic mass is 16.5. The van der Waals surface area contributed by atoms with Gasteiger partial charge in [-0.1, -0.05) is 130 Å². The van der Waals surface area contributed by atoms with Crippen LogP contribution in [-0.2, 0) is 10.3 Å². The second-order valence-electron chi connectivity index (χ2n) is 30.1. The molecule has 552 valence electrons. The first-order valence-corrected chi connectivity index (χ1v) is 38.4. The van der Waals surface area contributed by atoms with Crippen molar-refractivity contribution in [3.8, 4) is 0 Å². The molecule has 11 nitrogen and oxygen atoms in total. The molecule has 7 aliphatic heterocycles. The van der Waals surface area contributed by atoms with E-state index in [1.165, 1.54) is 143 Å². The molecule has 1 N–H and O–H groups in total. The van der Waals surface area contributed by atoms with E-state index in [9.17, 15) is 0 Å². The van der Waals surface area contributed by atoms with E-state index in [4.69, 9.17) is 4.74 Å². The summed E-state index contributed by atoms with van der Waals surface area (Å²) in [5, 5.41) is 3.35. The molecular weight excluding hydrogens is 1100 g/mol. The van der Waals surface area contributed by atoms with Crippen LogP contribution in [0.1, 0.15) is 341 Å². The van der Waals surface area contributed by atoms with Gasteiger partial charge in [0.25, 0.3) is 0 Å². The van der Waals surface area contributed by atoms with Crippen molar-refractivity contribution in [2.45, 2.75) is 385 Å². The molecule has 0 atom stereocenters. The molecular formula is C79H180N10O. The van der Waals surface area contributed by atoms with Crippen molar-refractivity contribution in [3.63, 3.8) is 0 Å². The quantitative estimate of drug-likeness (QED) is 0.254. The van der Waals surface area contributed by atoms with Crippen LogP contribution < -0.4 is 5.32 Å². The summed E-state index contributed by atoms with van der Waals surface area (Å²) < 4.78 is 7.33. The van der Waals surface area contributed by atoms with Gasteiger partial charge in [-0.2, -0.15) is 0 Å². The largest absolute Gasteiger partial charge is 0.379 e. The molecule has 8 rings (SSSR count). The van der Waals surface area contributed by atoms with Gasteiger partial charge < -0.3 is 14.6 Å². The first-order chi connectivity index (χ1) is 41.8. The average molecular weight is 1290 g/mol. The molecule has 1 aromatic rings. The van der Waals surface area contributed by atoms with Crippen molar-refractivity contribution < 1.29 is 4.74 Å². The third-order valence-corrected chi connectivity index (χ3v) is 15.4. The number of piperazine rings is 1. The van der Waals surface area contributed by atoms with E-state index in [0.717, 1.165) is 39.4 Å². The third-order valence-electron chi connectivity index (χ3n) is 15.4. The molecule has 7 saturated heterocycles. The minimum absolute atomic E-state index is 0.177. The molecule has 0 aromatic carbocycles. The van der Waals surface area contributed by atoms with Crippen molar-refractivity contribution in [1.29, 1.82) is 0 Å². The molecule has 1 aromatic heterocycles. The number of imidazole rings is 1. The Hall–Kier alpha value is -1.15. The molecule has 0 unspecified atom stereocenters. The van der Waals surface area contributed by atoms with E-state index in [0.29, 0.717) is 38.8 Å². The van der Waals surface area contributed by atoms with Gasteiger partial charge in [0.05, 0.1) is 19.5 Å². The second-order valence-corrected chi connectivity index (χ2v) is 30.1. The molecule has 0 bridgehead atoms. The molecule has 0 aliphatic carbocycles. The number of nitrogens with one attached hydrogen (secondary N) is 1. The van der Waals surface area contributed by atoms with Crippen molar-refractivity contribution >= 4 is 0 Å². The Morgan fingerprint density at radius 3 is 0.622 bits per heavy atom. The number of piperidine rings is 1. The molecule has 8 heterocycles. The smallest absolute Gasteiger partial charge is 0.0950 e. The predicted octanol–water partition coefficient (Wildman–Crippen LogP) is 21.1. The van der Waals surface area contributed by atoms with E-state index >= 15 is 0 Å². The molecule has 7 fully saturated rings. The Morgan fingerprint density at radius 2 is 0.467 bits per heavy atom. The molecule has 0 radical (unpaired) electrons. The van der Waals surface area contributed by atoms with Crippen molar-refractivity contribution in [2.75, 3.05) is 118 Å². The lowest BCUT2D eigenvalue weighted by Gasteiger charge is -2.42. The van der Waals surface area contributed by atoms with Crippen LogP contribution >= 0.6 is 0 Å². The van der Waals surface area contributed by atoms with Crippen LogP contribution in [0.3, 0.4) is 0 Å². The van der Waals surface area contributed by atoms with Gasteiger partial charge in [-0.05, 0) is 263 Å². The fourth-order valence-electron chi connectivity index (χ4n) is 9.63. The number of ether oxygens (including phenoxy) is 1. The normalized spacial score (nSPS) is 18.4. The molecule has 90 heavy (non-hydrogen) atoms. The van der Waals surface area contributed by atoms with Crippen molar-refractivity contribution in [2.24, 2.45) is 0 Å². The summed E-state index contributed by atoms with van der Waals surface area (Å²) in [6.45, 7) is 108. The number of morpholine rings is 1. The van der Waals surface area contributed by atoms with Crippen LogP contribution in [0, 0.1) is 0 Å². The highest BCUT2D eigenvalue weighted by Gasteiger charge is 2.30. The first-order valence-electron chi connectivity index (χ1n) is 38.4. The summed E-state index contributed by atoms with van der Waals surface area (Å²) in [6, 6.07) is 0. The molecule has 0 amide bonds. The predicted molar refractivity (Wildman–Crippen MR) is 417 cm³/mol. The average Bonchev–Trinajstić information content (AvgIpc) is 2.09. The number of rotatable bonds is 0. The van der Waals surface area contributed by atoms with Gasteiger partial charge >= 0.3 is 0 Å². The van der Waals surface area contributed by atoms with Gasteiger partial charge in [-0.15, -0.1) is 0 Å². The Bertz CT molecular complexity index is 1420. The maximum atomic E-state index is 5.25. The number of nitrogens with zero attached hydrogens (tertiary/aromatic N) is 9. The van der Waals surface area contributed by atoms with E-state index in [-0.39, 0.29) is 5.54 Å². The van der Waals surface area contributed by atoms with Crippen molar-refractivity contribution in [1.82, 2.24) is 49.2 Å². The number of aromatic nitrogens is 2. The summed E-state index contributed by atoms with van der Waals surface area (Å²) in [4.78, 5) is 21.6. The zero-order valence-corrected chi connectivity index (χ0v) is 70.5. The van der Waals surface area contributed by atoms with E-state index in [1.54, 1.807) is 6.20 Å². The van der Waals surface area contributed by atoms with Gasteiger partial charge in [0.1, 0.15) is 0 Å². The summed E-state index contributed by atoms with van der Waals surface area (Å²) in [7, 11) is 0. The zero-order valence-electron chi connectivity index (χ0n) is 70.5. The number of likely N-dealkylation sites (tertiary alicyclic amines) is 4. The van der Waals surface area contributed by atoms with Crippen LogP contribution in [0.15, 0.2) is 18.7 Å². The summed E-state index contributed by atoms with van der Waals surface area (Å²) in [5.41, 5.74) is 2.95. The Morgan fingerprint density at radius 1 is 0.256 bits per heavy atom. The van der Waals surface area contributed by atoms with Gasteiger partial charge in [0.15, 0.2) is 0 Å². The molecule has 0 saturated carbocycles. The minimum atomic E-state index is 0.177. The summed E-state index contributed by atoms with van der Waals surface area (Å²) in [5.74, 6) is 0. The fourth-order valence-corrected chi connectivity index (χ4v) is 9.63. The van der Waals surface area contributed by atoms with E-state index in [2.05, 4.69) is 215 Å². The van der Waals surface area contributed by atoms with Crippen LogP contribution in [0.2, 0.25) is 0 Å². The monoisotopic (exact) mass is 1290 g/mol. The van der Waals surface area contributed by atoms with Crippen LogP contribution in [0.4, 0.5) is 0 Å². The minimum Gasteiger partial charge on any atom is -0.379 e. The summed E-state index contributed by atoms with van der Waals surface area (Å²) >= 11 is 0. The lowest BCUT2D eigenvalue weighted by molar-refractivity contribution is -0.00389. The molecule has 0 spiro atoms. The van der Waals surface area contributed by atoms with Gasteiger partial charge in [-0.3, -0.25) is 34.3 Å². The standard InChI is InChI=1S/C10H21N.C9H19N.C8H18N2.C8H17NO.C8H17N.C7H12N2.C7H15N.C6H13N.8C2H6/c1-10(2,3)11-8-6-4-5-7-9-11;1-9(2,3)10-7-5-4-6-8-10;1-8(2,3)10-6-4-9-5-7-10;1-8(2,3)9-4-6-10-7-5-9;1-8(2,3)9-6-4-5-7-9;1-7(2,3)9-5-4-8-6-9;1-7(2,3)8-5-4-6-8;1-6(2,3)7-4-5-7;8*1-2/h4-9H2,1-3H3;4-8H2,1-3H3;9H,4-7H2,1-3H3;4-7H2,1-3H3;4-7H2,1-3H3;4-6H,1-3H3;4-6H2,1-3H3;4-5H2,1-3H3;8*1-2H3. The maximum Gasteiger partial charge on any atom is 0.0950 e. The van der Waals surface area contributed by atoms with Crippen molar-refractivity contribution in [3.05, 3.63) is 18.7 Å². The Balaban J connectivity index is -0.000000138. The SMILES string of the molecule is CC.CC.CC.CC.CC.CC.CC.CC.CC(C)(C)N1CC1.CC(C)(C)N1CCC1.CC(C)(C)N1CCCC1.CC(C)(C)N1CCCCC1.CC(C)(C)N1CCCCCC1.CC(C)(C)N1CCNCC1.CC(C)(C)N1CCOCC1.CC(C)(C)n1ccnc1. The molecule has 11 heteroatoms. The zero-order chi connectivity index (χ0) is 72.7. The summed E-state index contributed by atoms with van der Waals surface area (Å²) in [6.07, 6.45) is 19.7. The number of hydrogen-bond acceptors (Lipinski definition) is 10. The lowest BCUT2D eigenvalue weighted by Crippen LogP contribution is -2.51. The second kappa shape index (κ2) is 60.3. The van der Waals surface area contributed by atoms with Crippen LogP contribution in [-0.4, -0.2) is 201 Å². The third kappa shape index (κ3) is 60.5. The van der Waals surface area contributed by atoms with Gasteiger partial charge in [0.2, 0.25) is 0 Å². The van der Waals surface area contributed by atoms with E-state index in [1.807, 2.05) is 123 Å². The first kappa shape index (κ1) is 105. The van der Waals surface area contributed by atoms with E-state index < -0.39 is 0 Å². The Labute approximate surface area is 573 Å². The van der Waals surface area contributed by atoms with Gasteiger partial charge in [0, 0.05) is 109 Å². The molecule has 7 aliphatic rings. The van der Waals surface area contributed by atoms with Gasteiger partial charge in [-0.25, -0.2) is 4.98 Å². The maximum absolute atomic E-state index is 5.25. The number of hydrogen-bond donors (Lipinski definition) is 1. The van der Waals surface area contributed by atoms with Crippen LogP contribution in [0.25, 0.3) is 0 Å².